The van der Waals surface area contributed by atoms with Crippen molar-refractivity contribution in [2.24, 2.45) is 5.92 Å². The minimum absolute atomic E-state index is 0.0738. The largest absolute Gasteiger partial charge is 0.391 e. The van der Waals surface area contributed by atoms with Crippen molar-refractivity contribution in [1.82, 2.24) is 19.4 Å². The topological polar surface area (TPSA) is 71.0 Å². The standard InChI is InChI=1S/C18H19F3N4O2/c19-18(20,21)12-5-8-24(9-6-12)16(27)11-4-7-25(10-11)17-22-14-3-1-2-13(14)15(26)23-17/h4,7,10,12H,1-3,5-6,8-9H2,(H,22,23,26). The Balaban J connectivity index is 1.49. The van der Waals surface area contributed by atoms with E-state index in [1.54, 1.807) is 23.0 Å². The highest BCUT2D eigenvalue weighted by atomic mass is 19.4. The second-order valence-electron chi connectivity index (χ2n) is 7.08. The third-order valence-corrected chi connectivity index (χ3v) is 5.36. The number of fused-ring (bicyclic) bond motifs is 1. The number of nitrogens with zero attached hydrogens (tertiary/aromatic N) is 3. The number of halogens is 3. The molecule has 0 atom stereocenters. The van der Waals surface area contributed by atoms with Crippen LogP contribution < -0.4 is 5.56 Å². The van der Waals surface area contributed by atoms with E-state index in [1.807, 2.05) is 0 Å². The molecule has 27 heavy (non-hydrogen) atoms. The average Bonchev–Trinajstić information content (AvgIpc) is 3.30. The van der Waals surface area contributed by atoms with Crippen LogP contribution in [-0.4, -0.2) is 44.6 Å². The van der Waals surface area contributed by atoms with Gasteiger partial charge >= 0.3 is 6.18 Å². The Morgan fingerprint density at radius 1 is 1.22 bits per heavy atom. The first kappa shape index (κ1) is 17.8. The maximum Gasteiger partial charge on any atom is 0.391 e. The summed E-state index contributed by atoms with van der Waals surface area (Å²) in [4.78, 5) is 33.4. The number of alkyl halides is 3. The molecule has 1 saturated heterocycles. The molecule has 1 fully saturated rings. The monoisotopic (exact) mass is 380 g/mol. The highest BCUT2D eigenvalue weighted by Crippen LogP contribution is 2.34. The number of aromatic amines is 1. The summed E-state index contributed by atoms with van der Waals surface area (Å²) in [6, 6.07) is 1.59. The molecule has 2 aromatic heterocycles. The summed E-state index contributed by atoms with van der Waals surface area (Å²) in [7, 11) is 0. The van der Waals surface area contributed by atoms with E-state index in [4.69, 9.17) is 0 Å². The van der Waals surface area contributed by atoms with Crippen molar-refractivity contribution >= 4 is 5.91 Å². The van der Waals surface area contributed by atoms with E-state index in [9.17, 15) is 22.8 Å². The van der Waals surface area contributed by atoms with Gasteiger partial charge in [-0.25, -0.2) is 4.98 Å². The first-order valence-corrected chi connectivity index (χ1v) is 8.99. The van der Waals surface area contributed by atoms with Gasteiger partial charge in [0.05, 0.1) is 17.2 Å². The maximum atomic E-state index is 12.8. The van der Waals surface area contributed by atoms with Gasteiger partial charge in [0.1, 0.15) is 0 Å². The molecule has 0 aromatic carbocycles. The van der Waals surface area contributed by atoms with E-state index < -0.39 is 12.1 Å². The van der Waals surface area contributed by atoms with E-state index in [0.29, 0.717) is 11.5 Å². The SMILES string of the molecule is O=C(c1ccn(-c2nc3c(c(=O)[nH]2)CCC3)c1)N1CCC(C(F)(F)F)CC1. The zero-order valence-corrected chi connectivity index (χ0v) is 14.6. The number of H-pyrrole nitrogens is 1. The predicted octanol–water partition coefficient (Wildman–Crippen LogP) is 2.46. The van der Waals surface area contributed by atoms with E-state index in [1.165, 1.54) is 4.90 Å². The highest BCUT2D eigenvalue weighted by Gasteiger charge is 2.41. The van der Waals surface area contributed by atoms with Crippen molar-refractivity contribution in [2.75, 3.05) is 13.1 Å². The van der Waals surface area contributed by atoms with Crippen molar-refractivity contribution in [1.29, 1.82) is 0 Å². The van der Waals surface area contributed by atoms with Crippen LogP contribution in [0, 0.1) is 5.92 Å². The number of amides is 1. The summed E-state index contributed by atoms with van der Waals surface area (Å²) >= 11 is 0. The lowest BCUT2D eigenvalue weighted by atomic mass is 9.96. The van der Waals surface area contributed by atoms with Gasteiger partial charge in [-0.05, 0) is 38.2 Å². The summed E-state index contributed by atoms with van der Waals surface area (Å²) < 4.78 is 39.9. The first-order chi connectivity index (χ1) is 12.8. The summed E-state index contributed by atoms with van der Waals surface area (Å²) in [5, 5.41) is 0. The van der Waals surface area contributed by atoms with Crippen molar-refractivity contribution in [3.63, 3.8) is 0 Å². The molecule has 1 aliphatic heterocycles. The van der Waals surface area contributed by atoms with Gasteiger partial charge < -0.3 is 4.90 Å². The molecule has 0 saturated carbocycles. The van der Waals surface area contributed by atoms with E-state index in [2.05, 4.69) is 9.97 Å². The lowest BCUT2D eigenvalue weighted by molar-refractivity contribution is -0.183. The summed E-state index contributed by atoms with van der Waals surface area (Å²) in [5.74, 6) is -1.31. The van der Waals surface area contributed by atoms with Crippen LogP contribution in [0.25, 0.3) is 5.95 Å². The van der Waals surface area contributed by atoms with Crippen LogP contribution in [0.2, 0.25) is 0 Å². The lowest BCUT2D eigenvalue weighted by Gasteiger charge is -2.32. The Morgan fingerprint density at radius 3 is 2.67 bits per heavy atom. The predicted molar refractivity (Wildman–Crippen MR) is 90.9 cm³/mol. The molecule has 2 aliphatic rings. The van der Waals surface area contributed by atoms with Crippen LogP contribution in [0.3, 0.4) is 0 Å². The Labute approximate surface area is 153 Å². The Bertz CT molecular complexity index is 923. The molecule has 1 aliphatic carbocycles. The molecule has 2 aromatic rings. The zero-order valence-electron chi connectivity index (χ0n) is 14.6. The van der Waals surface area contributed by atoms with Gasteiger partial charge in [0.2, 0.25) is 5.95 Å². The second kappa shape index (κ2) is 6.54. The summed E-state index contributed by atoms with van der Waals surface area (Å²) in [6.45, 7) is 0.171. The van der Waals surface area contributed by atoms with Gasteiger partial charge in [0, 0.05) is 31.0 Å². The normalized spacial score (nSPS) is 18.0. The molecule has 9 heteroatoms. The average molecular weight is 380 g/mol. The smallest absolute Gasteiger partial charge is 0.339 e. The molecule has 0 bridgehead atoms. The number of aryl methyl sites for hydroxylation is 1. The van der Waals surface area contributed by atoms with Crippen LogP contribution in [0.4, 0.5) is 13.2 Å². The van der Waals surface area contributed by atoms with Crippen molar-refractivity contribution < 1.29 is 18.0 Å². The molecular formula is C18H19F3N4O2. The number of piperidine rings is 1. The maximum absolute atomic E-state index is 12.8. The second-order valence-corrected chi connectivity index (χ2v) is 7.08. The van der Waals surface area contributed by atoms with Crippen molar-refractivity contribution in [3.05, 3.63) is 45.6 Å². The fourth-order valence-electron chi connectivity index (χ4n) is 3.80. The number of rotatable bonds is 2. The zero-order chi connectivity index (χ0) is 19.2. The molecular weight excluding hydrogens is 361 g/mol. The van der Waals surface area contributed by atoms with Crippen LogP contribution in [0.5, 0.6) is 0 Å². The Morgan fingerprint density at radius 2 is 1.96 bits per heavy atom. The molecule has 0 unspecified atom stereocenters. The van der Waals surface area contributed by atoms with E-state index in [-0.39, 0.29) is 37.4 Å². The molecule has 1 amide bonds. The number of hydrogen-bond donors (Lipinski definition) is 1. The van der Waals surface area contributed by atoms with Gasteiger partial charge in [-0.1, -0.05) is 0 Å². The number of hydrogen-bond acceptors (Lipinski definition) is 3. The molecule has 0 spiro atoms. The molecule has 144 valence electrons. The summed E-state index contributed by atoms with van der Waals surface area (Å²) in [6.07, 6.45) is 1.20. The highest BCUT2D eigenvalue weighted by molar-refractivity contribution is 5.94. The summed E-state index contributed by atoms with van der Waals surface area (Å²) in [5.41, 5.74) is 1.70. The number of carbonyl (C=O) groups is 1. The molecule has 0 radical (unpaired) electrons. The fraction of sp³-hybridized carbons (Fsp3) is 0.500. The number of nitrogens with one attached hydrogen (secondary N) is 1. The first-order valence-electron chi connectivity index (χ1n) is 8.99. The third kappa shape index (κ3) is 3.38. The van der Waals surface area contributed by atoms with Crippen LogP contribution in [-0.2, 0) is 12.8 Å². The van der Waals surface area contributed by atoms with Gasteiger partial charge in [0.15, 0.2) is 0 Å². The molecule has 4 rings (SSSR count). The van der Waals surface area contributed by atoms with Crippen molar-refractivity contribution in [2.45, 2.75) is 38.3 Å². The number of aromatic nitrogens is 3. The minimum Gasteiger partial charge on any atom is -0.339 e. The fourth-order valence-corrected chi connectivity index (χ4v) is 3.80. The van der Waals surface area contributed by atoms with E-state index in [0.717, 1.165) is 30.5 Å². The van der Waals surface area contributed by atoms with Gasteiger partial charge in [-0.2, -0.15) is 13.2 Å². The lowest BCUT2D eigenvalue weighted by Crippen LogP contribution is -2.42. The molecule has 6 nitrogen and oxygen atoms in total. The van der Waals surface area contributed by atoms with Gasteiger partial charge in [-0.3, -0.25) is 19.1 Å². The van der Waals surface area contributed by atoms with Crippen LogP contribution in [0.15, 0.2) is 23.3 Å². The van der Waals surface area contributed by atoms with Gasteiger partial charge in [0.25, 0.3) is 11.5 Å². The van der Waals surface area contributed by atoms with Crippen molar-refractivity contribution in [3.8, 4) is 5.95 Å². The Hall–Kier alpha value is -2.58. The van der Waals surface area contributed by atoms with Crippen LogP contribution >= 0.6 is 0 Å². The van der Waals surface area contributed by atoms with Gasteiger partial charge in [-0.15, -0.1) is 0 Å². The van der Waals surface area contributed by atoms with E-state index >= 15 is 0 Å². The van der Waals surface area contributed by atoms with Crippen LogP contribution in [0.1, 0.15) is 40.9 Å². The number of carbonyl (C=O) groups excluding carboxylic acids is 1. The Kier molecular flexibility index (Phi) is 4.32. The minimum atomic E-state index is -4.20. The molecule has 1 N–H and O–H groups in total. The quantitative estimate of drug-likeness (QED) is 0.870. The number of likely N-dealkylation sites (tertiary alicyclic amines) is 1. The molecule has 3 heterocycles. The third-order valence-electron chi connectivity index (χ3n) is 5.36.